The number of imide groups is 1. The van der Waals surface area contributed by atoms with Crippen molar-refractivity contribution < 1.29 is 33.0 Å². The Morgan fingerprint density at radius 2 is 1.70 bits per heavy atom. The Hall–Kier alpha value is -4.55. The Balaban J connectivity index is 1.10. The highest BCUT2D eigenvalue weighted by atomic mass is 28.3. The number of carbonyl (C=O) groups is 4. The number of anilines is 1. The van der Waals surface area contributed by atoms with Crippen molar-refractivity contribution in [3.05, 3.63) is 82.7 Å². The van der Waals surface area contributed by atoms with Gasteiger partial charge in [-0.2, -0.15) is 0 Å². The first-order valence-corrected chi connectivity index (χ1v) is 21.0. The third kappa shape index (κ3) is 7.46. The number of aryl methyl sites for hydroxylation is 1. The van der Waals surface area contributed by atoms with E-state index < -0.39 is 25.8 Å². The molecule has 0 aromatic heterocycles. The molecule has 3 aromatic carbocycles. The number of nitrogens with two attached hydrogens (primary N) is 1. The first-order valence-electron chi connectivity index (χ1n) is 17.3. The summed E-state index contributed by atoms with van der Waals surface area (Å²) in [4.78, 5) is 56.2. The second-order valence-corrected chi connectivity index (χ2v) is 20.3. The number of primary amides is 1. The summed E-state index contributed by atoms with van der Waals surface area (Å²) in [5.74, 6) is -1.51. The van der Waals surface area contributed by atoms with E-state index in [1.54, 1.807) is 17.0 Å². The molecule has 2 saturated heterocycles. The van der Waals surface area contributed by atoms with Gasteiger partial charge in [0.15, 0.2) is 0 Å². The number of carbonyl (C=O) groups excluding carboxylic acids is 4. The lowest BCUT2D eigenvalue weighted by Gasteiger charge is -2.35. The van der Waals surface area contributed by atoms with Crippen molar-refractivity contribution in [2.24, 2.45) is 5.73 Å². The molecule has 12 heteroatoms. The molecule has 2 fully saturated rings. The topological polar surface area (TPSA) is 122 Å². The minimum atomic E-state index is -1.32. The number of amides is 4. The summed E-state index contributed by atoms with van der Waals surface area (Å²) in [5.41, 5.74) is 10.2. The van der Waals surface area contributed by atoms with Gasteiger partial charge in [0.05, 0.1) is 5.56 Å². The van der Waals surface area contributed by atoms with Crippen molar-refractivity contribution in [1.29, 1.82) is 0 Å². The number of halogens is 1. The smallest absolute Gasteiger partial charge is 0.255 e. The number of hydrogen-bond acceptors (Lipinski definition) is 7. The van der Waals surface area contributed by atoms with Gasteiger partial charge in [0.2, 0.25) is 5.91 Å². The quantitative estimate of drug-likeness (QED) is 0.154. The van der Waals surface area contributed by atoms with Crippen LogP contribution in [0.1, 0.15) is 57.5 Å². The van der Waals surface area contributed by atoms with E-state index in [1.165, 1.54) is 17.0 Å². The summed E-state index contributed by atoms with van der Waals surface area (Å²) in [5, 5.41) is 0. The first kappa shape index (κ1) is 35.3. The van der Waals surface area contributed by atoms with Crippen LogP contribution in [0.15, 0.2) is 54.6 Å². The van der Waals surface area contributed by atoms with Crippen LogP contribution in [0.2, 0.25) is 25.7 Å². The highest BCUT2D eigenvalue weighted by molar-refractivity contribution is 6.76. The molecule has 3 aliphatic heterocycles. The number of piperidine rings is 2. The second-order valence-electron chi connectivity index (χ2n) is 14.6. The van der Waals surface area contributed by atoms with Gasteiger partial charge in [-0.25, -0.2) is 4.39 Å². The highest BCUT2D eigenvalue weighted by Crippen LogP contribution is 2.38. The first-order chi connectivity index (χ1) is 23.8. The Kier molecular flexibility index (Phi) is 10.1. The zero-order chi connectivity index (χ0) is 35.7. The van der Waals surface area contributed by atoms with E-state index >= 15 is 0 Å². The van der Waals surface area contributed by atoms with E-state index in [2.05, 4.69) is 24.5 Å². The molecule has 50 heavy (non-hydrogen) atoms. The number of nitrogens with zero attached hydrogens (tertiary/aromatic N) is 3. The van der Waals surface area contributed by atoms with Crippen molar-refractivity contribution in [3.8, 4) is 16.9 Å². The number of rotatable bonds is 11. The molecule has 1 atom stereocenters. The minimum absolute atomic E-state index is 0.0105. The van der Waals surface area contributed by atoms with Gasteiger partial charge in [0.25, 0.3) is 17.7 Å². The van der Waals surface area contributed by atoms with Gasteiger partial charge < -0.3 is 25.0 Å². The van der Waals surface area contributed by atoms with Crippen molar-refractivity contribution in [2.75, 3.05) is 31.3 Å². The third-order valence-corrected chi connectivity index (χ3v) is 11.6. The summed E-state index contributed by atoms with van der Waals surface area (Å²) in [7, 11) is -1.32. The monoisotopic (exact) mass is 700 g/mol. The van der Waals surface area contributed by atoms with Gasteiger partial charge in [-0.3, -0.25) is 24.1 Å². The zero-order valence-corrected chi connectivity index (χ0v) is 30.2. The van der Waals surface area contributed by atoms with Crippen LogP contribution in [-0.2, 0) is 20.9 Å². The van der Waals surface area contributed by atoms with Gasteiger partial charge in [-0.15, -0.1) is 0 Å². The van der Waals surface area contributed by atoms with Gasteiger partial charge in [0.1, 0.15) is 30.4 Å². The molecular weight excluding hydrogens is 656 g/mol. The molecule has 3 aliphatic rings. The Labute approximate surface area is 293 Å². The highest BCUT2D eigenvalue weighted by Gasteiger charge is 2.43. The summed E-state index contributed by atoms with van der Waals surface area (Å²) in [6.07, 6.45) is 1.96. The van der Waals surface area contributed by atoms with Crippen LogP contribution in [0.3, 0.4) is 0 Å². The van der Waals surface area contributed by atoms with E-state index in [9.17, 15) is 23.6 Å². The number of benzene rings is 3. The molecule has 0 spiro atoms. The van der Waals surface area contributed by atoms with Gasteiger partial charge >= 0.3 is 0 Å². The maximum atomic E-state index is 14.3. The summed E-state index contributed by atoms with van der Waals surface area (Å²) >= 11 is 0. The fraction of sp³-hybridized carbons (Fsp3) is 0.421. The zero-order valence-electron chi connectivity index (χ0n) is 29.2. The van der Waals surface area contributed by atoms with Crippen LogP contribution in [0.25, 0.3) is 11.1 Å². The maximum absolute atomic E-state index is 14.3. The van der Waals surface area contributed by atoms with Crippen LogP contribution in [0.5, 0.6) is 5.75 Å². The average molecular weight is 701 g/mol. The molecule has 0 bridgehead atoms. The van der Waals surface area contributed by atoms with E-state index in [4.69, 9.17) is 15.2 Å². The van der Waals surface area contributed by atoms with E-state index in [-0.39, 0.29) is 49.1 Å². The number of likely N-dealkylation sites (tertiary alicyclic amines) is 1. The number of fused-ring (bicyclic) bond motifs is 1. The lowest BCUT2D eigenvalue weighted by atomic mass is 9.94. The lowest BCUT2D eigenvalue weighted by Crippen LogP contribution is -2.55. The van der Waals surface area contributed by atoms with Crippen molar-refractivity contribution in [2.45, 2.75) is 77.0 Å². The van der Waals surface area contributed by atoms with Gasteiger partial charge in [-0.1, -0.05) is 37.8 Å². The average Bonchev–Trinajstić information content (AvgIpc) is 3.40. The Bertz CT molecular complexity index is 1820. The Morgan fingerprint density at radius 3 is 2.38 bits per heavy atom. The third-order valence-electron chi connectivity index (χ3n) is 9.89. The minimum Gasteiger partial charge on any atom is -0.490 e. The van der Waals surface area contributed by atoms with Gasteiger partial charge in [-0.05, 0) is 78.0 Å². The van der Waals surface area contributed by atoms with Crippen LogP contribution >= 0.6 is 0 Å². The van der Waals surface area contributed by atoms with E-state index in [0.29, 0.717) is 37.4 Å². The summed E-state index contributed by atoms with van der Waals surface area (Å²) < 4.78 is 26.5. The van der Waals surface area contributed by atoms with Crippen LogP contribution < -0.4 is 15.4 Å². The largest absolute Gasteiger partial charge is 0.490 e. The fourth-order valence-electron chi connectivity index (χ4n) is 6.98. The Morgan fingerprint density at radius 1 is 0.960 bits per heavy atom. The molecule has 264 valence electrons. The fourth-order valence-corrected chi connectivity index (χ4v) is 7.73. The van der Waals surface area contributed by atoms with Crippen LogP contribution in [-0.4, -0.2) is 80.1 Å². The van der Waals surface area contributed by atoms with Gasteiger partial charge in [0, 0.05) is 64.8 Å². The second kappa shape index (κ2) is 14.4. The standard InChI is InChI=1S/C38H45FN4O6Si/c1-24-20-27(49-26-14-16-41(17-15-26)25-8-10-31(36(40)45)33(39)21-25)9-11-28(24)29-6-5-7-30-32(29)22-42(37(30)46)34-12-13-35(44)43(38(34)47)23-48-18-19-50(2,3)4/h5-11,20-21,26,34H,12-19,22-23H2,1-4H3,(H2,40,45). The van der Waals surface area contributed by atoms with Crippen LogP contribution in [0, 0.1) is 12.7 Å². The molecule has 2 N–H and O–H groups in total. The summed E-state index contributed by atoms with van der Waals surface area (Å²) in [6, 6.07) is 16.3. The van der Waals surface area contributed by atoms with E-state index in [1.807, 2.05) is 37.3 Å². The maximum Gasteiger partial charge on any atom is 0.255 e. The number of hydrogen-bond donors (Lipinski definition) is 1. The van der Waals surface area contributed by atoms with Crippen LogP contribution in [0.4, 0.5) is 10.1 Å². The molecule has 1 unspecified atom stereocenters. The molecule has 10 nitrogen and oxygen atoms in total. The lowest BCUT2D eigenvalue weighted by molar-refractivity contribution is -0.158. The molecule has 3 aromatic rings. The normalized spacial score (nSPS) is 18.5. The molecule has 0 radical (unpaired) electrons. The predicted octanol–water partition coefficient (Wildman–Crippen LogP) is 5.73. The molecule has 3 heterocycles. The van der Waals surface area contributed by atoms with Crippen molar-refractivity contribution in [3.63, 3.8) is 0 Å². The molecule has 0 saturated carbocycles. The van der Waals surface area contributed by atoms with Crippen molar-refractivity contribution in [1.82, 2.24) is 9.80 Å². The molecular formula is C38H45FN4O6Si. The van der Waals surface area contributed by atoms with E-state index in [0.717, 1.165) is 46.9 Å². The predicted molar refractivity (Wildman–Crippen MR) is 191 cm³/mol. The molecule has 0 aliphatic carbocycles. The SMILES string of the molecule is Cc1cc(OC2CCN(c3ccc(C(N)=O)c(F)c3)CC2)ccc1-c1cccc2c1CN(C1CCC(=O)N(COCC[Si](C)(C)C)C1=O)C2=O. The molecule has 6 rings (SSSR count). The molecule has 4 amide bonds. The number of ether oxygens (including phenoxy) is 2. The van der Waals surface area contributed by atoms with Crippen molar-refractivity contribution >= 4 is 37.4 Å². The summed E-state index contributed by atoms with van der Waals surface area (Å²) in [6.45, 7) is 10.8.